The normalized spacial score (nSPS) is 17.0. The summed E-state index contributed by atoms with van der Waals surface area (Å²) in [6.45, 7) is 4.10. The van der Waals surface area contributed by atoms with Crippen LogP contribution in [0.15, 0.2) is 0 Å². The van der Waals surface area contributed by atoms with Gasteiger partial charge < -0.3 is 4.74 Å². The van der Waals surface area contributed by atoms with Crippen LogP contribution in [0.5, 0.6) is 0 Å². The summed E-state index contributed by atoms with van der Waals surface area (Å²) in [5, 5.41) is 1.78. The number of rotatable bonds is 2. The highest BCUT2D eigenvalue weighted by molar-refractivity contribution is 5.66. The molecule has 0 aromatic carbocycles. The lowest BCUT2D eigenvalue weighted by Gasteiger charge is -2.02. The van der Waals surface area contributed by atoms with Gasteiger partial charge >= 0.3 is 6.09 Å². The zero-order chi connectivity index (χ0) is 6.69. The minimum absolute atomic E-state index is 0.352. The summed E-state index contributed by atoms with van der Waals surface area (Å²) in [4.78, 5) is 10.5. The first-order chi connectivity index (χ1) is 4.33. The fourth-order valence-electron chi connectivity index (χ4n) is 0.454. The monoisotopic (exact) mass is 130 g/mol. The maximum atomic E-state index is 10.5. The molecule has 1 N–H and O–H groups in total. The van der Waals surface area contributed by atoms with Crippen molar-refractivity contribution in [1.82, 2.24) is 10.4 Å². The molecular formula is C5H10N2O2. The molecule has 0 bridgehead atoms. The van der Waals surface area contributed by atoms with Gasteiger partial charge in [-0.15, -0.1) is 0 Å². The van der Waals surface area contributed by atoms with Gasteiger partial charge in [0.25, 0.3) is 0 Å². The van der Waals surface area contributed by atoms with Crippen molar-refractivity contribution in [3.8, 4) is 0 Å². The van der Waals surface area contributed by atoms with Crippen molar-refractivity contribution in [2.24, 2.45) is 0 Å². The Hall–Kier alpha value is -0.770. The number of hydrogen-bond donors (Lipinski definition) is 1. The van der Waals surface area contributed by atoms with Gasteiger partial charge in [0.15, 0.2) is 0 Å². The van der Waals surface area contributed by atoms with Crippen molar-refractivity contribution in [2.45, 2.75) is 6.92 Å². The van der Waals surface area contributed by atoms with Crippen LogP contribution in [0.1, 0.15) is 6.92 Å². The van der Waals surface area contributed by atoms with Crippen LogP contribution in [0.4, 0.5) is 4.79 Å². The topological polar surface area (TPSA) is 41.3 Å². The van der Waals surface area contributed by atoms with Crippen LogP contribution < -0.4 is 5.43 Å². The first-order valence-electron chi connectivity index (χ1n) is 3.01. The van der Waals surface area contributed by atoms with Gasteiger partial charge in [0.1, 0.15) is 0 Å². The zero-order valence-corrected chi connectivity index (χ0v) is 5.39. The van der Waals surface area contributed by atoms with E-state index in [0.717, 1.165) is 13.1 Å². The van der Waals surface area contributed by atoms with Crippen LogP contribution in [-0.2, 0) is 4.74 Å². The van der Waals surface area contributed by atoms with E-state index in [2.05, 4.69) is 10.2 Å². The smallest absolute Gasteiger partial charge is 0.421 e. The van der Waals surface area contributed by atoms with Gasteiger partial charge in [-0.1, -0.05) is 0 Å². The third-order valence-electron chi connectivity index (χ3n) is 0.972. The number of amides is 1. The fraction of sp³-hybridized carbons (Fsp3) is 0.800. The molecule has 9 heavy (non-hydrogen) atoms. The summed E-state index contributed by atoms with van der Waals surface area (Å²) < 4.78 is 4.60. The second-order valence-corrected chi connectivity index (χ2v) is 1.82. The van der Waals surface area contributed by atoms with E-state index in [9.17, 15) is 4.79 Å². The van der Waals surface area contributed by atoms with Gasteiger partial charge in [0, 0.05) is 13.1 Å². The highest BCUT2D eigenvalue weighted by Gasteiger charge is 2.19. The molecule has 1 fully saturated rings. The molecule has 0 spiro atoms. The molecule has 0 aromatic heterocycles. The van der Waals surface area contributed by atoms with E-state index in [1.807, 2.05) is 0 Å². The molecular weight excluding hydrogens is 120 g/mol. The molecule has 4 nitrogen and oxygen atoms in total. The van der Waals surface area contributed by atoms with E-state index in [1.165, 1.54) is 0 Å². The zero-order valence-electron chi connectivity index (χ0n) is 5.39. The number of hydrazine groups is 1. The predicted molar refractivity (Wildman–Crippen MR) is 31.7 cm³/mol. The summed E-state index contributed by atoms with van der Waals surface area (Å²) in [5.41, 5.74) is 2.53. The van der Waals surface area contributed by atoms with Crippen molar-refractivity contribution in [3.05, 3.63) is 0 Å². The lowest BCUT2D eigenvalue weighted by atomic mass is 10.9. The molecule has 0 radical (unpaired) electrons. The third-order valence-corrected chi connectivity index (χ3v) is 0.972. The maximum absolute atomic E-state index is 10.5. The van der Waals surface area contributed by atoms with Crippen LogP contribution >= 0.6 is 0 Å². The molecule has 1 rings (SSSR count). The van der Waals surface area contributed by atoms with Gasteiger partial charge in [-0.2, -0.15) is 0 Å². The Kier molecular flexibility index (Phi) is 1.89. The minimum atomic E-state index is -0.352. The van der Waals surface area contributed by atoms with E-state index >= 15 is 0 Å². The lowest BCUT2D eigenvalue weighted by Crippen LogP contribution is -2.29. The predicted octanol–water partition coefficient (Wildman–Crippen LogP) is -0.0369. The van der Waals surface area contributed by atoms with Crippen LogP contribution in [-0.4, -0.2) is 30.8 Å². The molecule has 1 aliphatic heterocycles. The lowest BCUT2D eigenvalue weighted by molar-refractivity contribution is 0.138. The molecule has 0 atom stereocenters. The second kappa shape index (κ2) is 2.68. The van der Waals surface area contributed by atoms with Crippen molar-refractivity contribution in [3.63, 3.8) is 0 Å². The molecule has 0 aromatic rings. The van der Waals surface area contributed by atoms with E-state index in [4.69, 9.17) is 0 Å². The number of nitrogens with one attached hydrogen (secondary N) is 1. The van der Waals surface area contributed by atoms with Crippen LogP contribution in [0.2, 0.25) is 0 Å². The summed E-state index contributed by atoms with van der Waals surface area (Å²) in [5.74, 6) is 0. The molecule has 4 heteroatoms. The molecule has 0 saturated carbocycles. The molecule has 1 amide bonds. The second-order valence-electron chi connectivity index (χ2n) is 1.82. The van der Waals surface area contributed by atoms with E-state index < -0.39 is 0 Å². The summed E-state index contributed by atoms with van der Waals surface area (Å²) in [6.07, 6.45) is -0.352. The van der Waals surface area contributed by atoms with Gasteiger partial charge in [-0.05, 0) is 6.92 Å². The van der Waals surface area contributed by atoms with Crippen molar-refractivity contribution < 1.29 is 9.53 Å². The SMILES string of the molecule is CCOC(=O)NN1CC1. The summed E-state index contributed by atoms with van der Waals surface area (Å²) >= 11 is 0. The Morgan fingerprint density at radius 1 is 1.78 bits per heavy atom. The van der Waals surface area contributed by atoms with Gasteiger partial charge in [0.05, 0.1) is 6.61 Å². The highest BCUT2D eigenvalue weighted by atomic mass is 16.6. The molecule has 1 aliphatic rings. The number of carbonyl (C=O) groups is 1. The van der Waals surface area contributed by atoms with E-state index in [1.54, 1.807) is 11.9 Å². The van der Waals surface area contributed by atoms with E-state index in [-0.39, 0.29) is 6.09 Å². The third kappa shape index (κ3) is 2.32. The van der Waals surface area contributed by atoms with Gasteiger partial charge in [-0.3, -0.25) is 5.43 Å². The van der Waals surface area contributed by atoms with Crippen molar-refractivity contribution >= 4 is 6.09 Å². The quantitative estimate of drug-likeness (QED) is 0.533. The standard InChI is InChI=1S/C5H10N2O2/c1-2-9-5(8)6-7-3-4-7/h2-4H2,1H3,(H,6,8). The Morgan fingerprint density at radius 2 is 2.44 bits per heavy atom. The average Bonchev–Trinajstić information content (AvgIpc) is 2.50. The Morgan fingerprint density at radius 3 is 2.89 bits per heavy atom. The average molecular weight is 130 g/mol. The molecule has 1 saturated heterocycles. The van der Waals surface area contributed by atoms with Gasteiger partial charge in [-0.25, -0.2) is 9.80 Å². The fourth-order valence-corrected chi connectivity index (χ4v) is 0.454. The van der Waals surface area contributed by atoms with Crippen LogP contribution in [0.25, 0.3) is 0 Å². The minimum Gasteiger partial charge on any atom is -0.449 e. The Balaban J connectivity index is 2.02. The van der Waals surface area contributed by atoms with Crippen LogP contribution in [0.3, 0.4) is 0 Å². The summed E-state index contributed by atoms with van der Waals surface area (Å²) in [7, 11) is 0. The van der Waals surface area contributed by atoms with Crippen LogP contribution in [0, 0.1) is 0 Å². The molecule has 1 heterocycles. The number of ether oxygens (including phenoxy) is 1. The summed E-state index contributed by atoms with van der Waals surface area (Å²) in [6, 6.07) is 0. The largest absolute Gasteiger partial charge is 0.449 e. The van der Waals surface area contributed by atoms with Crippen molar-refractivity contribution in [1.29, 1.82) is 0 Å². The number of hydrogen-bond acceptors (Lipinski definition) is 3. The maximum Gasteiger partial charge on any atom is 0.421 e. The Bertz CT molecular complexity index is 112. The van der Waals surface area contributed by atoms with E-state index in [0.29, 0.717) is 6.61 Å². The molecule has 0 aliphatic carbocycles. The first kappa shape index (κ1) is 6.35. The van der Waals surface area contributed by atoms with Gasteiger partial charge in [0.2, 0.25) is 0 Å². The number of nitrogens with zero attached hydrogens (tertiary/aromatic N) is 1. The molecule has 52 valence electrons. The molecule has 0 unspecified atom stereocenters. The highest BCUT2D eigenvalue weighted by Crippen LogP contribution is 1.96. The Labute approximate surface area is 53.7 Å². The van der Waals surface area contributed by atoms with Crippen molar-refractivity contribution in [2.75, 3.05) is 19.7 Å². The first-order valence-corrected chi connectivity index (χ1v) is 3.01. The number of carbonyl (C=O) groups excluding carboxylic acids is 1.